The summed E-state index contributed by atoms with van der Waals surface area (Å²) >= 11 is 0. The number of hydrogen-bond donors (Lipinski definition) is 2. The molecule has 0 heterocycles. The molecule has 0 unspecified atom stereocenters. The van der Waals surface area contributed by atoms with Crippen LogP contribution in [-0.2, 0) is 17.9 Å². The second-order valence-electron chi connectivity index (χ2n) is 5.39. The Kier molecular flexibility index (Phi) is 8.01. The molecule has 0 aliphatic rings. The highest BCUT2D eigenvalue weighted by atomic mass is 16.2. The second kappa shape index (κ2) is 9.53. The van der Waals surface area contributed by atoms with E-state index in [0.717, 1.165) is 38.0 Å². The third kappa shape index (κ3) is 6.27. The maximum atomic E-state index is 11.8. The van der Waals surface area contributed by atoms with Crippen molar-refractivity contribution < 1.29 is 4.79 Å². The molecule has 1 aromatic rings. The van der Waals surface area contributed by atoms with Crippen molar-refractivity contribution in [1.29, 1.82) is 0 Å². The lowest BCUT2D eigenvalue weighted by Crippen LogP contribution is -2.40. The zero-order chi connectivity index (χ0) is 15.7. The van der Waals surface area contributed by atoms with Crippen molar-refractivity contribution in [2.24, 2.45) is 5.73 Å². The van der Waals surface area contributed by atoms with Gasteiger partial charge in [-0.05, 0) is 30.6 Å². The molecule has 1 aromatic carbocycles. The average molecular weight is 291 g/mol. The van der Waals surface area contributed by atoms with Gasteiger partial charge in [-0.3, -0.25) is 9.69 Å². The SMILES string of the molecule is CCC[C@@H](N)C(=O)NCc1ccc(CN(CC)CC)cc1. The molecule has 21 heavy (non-hydrogen) atoms. The quantitative estimate of drug-likeness (QED) is 0.734. The van der Waals surface area contributed by atoms with Crippen molar-refractivity contribution in [3.63, 3.8) is 0 Å². The number of amides is 1. The van der Waals surface area contributed by atoms with Gasteiger partial charge in [0.05, 0.1) is 6.04 Å². The molecule has 0 aliphatic carbocycles. The standard InChI is InChI=1S/C17H29N3O/c1-4-7-16(18)17(21)19-12-14-8-10-15(11-9-14)13-20(5-2)6-3/h8-11,16H,4-7,12-13,18H2,1-3H3,(H,19,21)/t16-/m1/s1. The van der Waals surface area contributed by atoms with Crippen LogP contribution >= 0.6 is 0 Å². The van der Waals surface area contributed by atoms with Gasteiger partial charge in [-0.15, -0.1) is 0 Å². The molecule has 1 amide bonds. The molecule has 4 nitrogen and oxygen atoms in total. The lowest BCUT2D eigenvalue weighted by molar-refractivity contribution is -0.122. The Morgan fingerprint density at radius 1 is 1.14 bits per heavy atom. The fourth-order valence-corrected chi connectivity index (χ4v) is 2.23. The summed E-state index contributed by atoms with van der Waals surface area (Å²) in [5, 5.41) is 2.89. The van der Waals surface area contributed by atoms with Crippen LogP contribution < -0.4 is 11.1 Å². The lowest BCUT2D eigenvalue weighted by atomic mass is 10.1. The minimum absolute atomic E-state index is 0.0657. The minimum Gasteiger partial charge on any atom is -0.351 e. The topological polar surface area (TPSA) is 58.4 Å². The predicted octanol–water partition coefficient (Wildman–Crippen LogP) is 2.27. The van der Waals surface area contributed by atoms with Crippen LogP contribution in [0.4, 0.5) is 0 Å². The predicted molar refractivity (Wildman–Crippen MR) is 87.8 cm³/mol. The van der Waals surface area contributed by atoms with E-state index < -0.39 is 6.04 Å². The molecule has 1 rings (SSSR count). The number of nitrogens with two attached hydrogens (primary N) is 1. The molecule has 0 saturated carbocycles. The van der Waals surface area contributed by atoms with E-state index >= 15 is 0 Å². The van der Waals surface area contributed by atoms with E-state index in [2.05, 4.69) is 48.3 Å². The summed E-state index contributed by atoms with van der Waals surface area (Å²) in [5.74, 6) is -0.0657. The Balaban J connectivity index is 2.46. The van der Waals surface area contributed by atoms with Gasteiger partial charge in [0.1, 0.15) is 0 Å². The number of nitrogens with one attached hydrogen (secondary N) is 1. The van der Waals surface area contributed by atoms with Crippen LogP contribution in [0.1, 0.15) is 44.7 Å². The third-order valence-electron chi connectivity index (χ3n) is 3.73. The van der Waals surface area contributed by atoms with Crippen LogP contribution in [0, 0.1) is 0 Å². The smallest absolute Gasteiger partial charge is 0.237 e. The fourth-order valence-electron chi connectivity index (χ4n) is 2.23. The van der Waals surface area contributed by atoms with Gasteiger partial charge in [-0.1, -0.05) is 51.5 Å². The van der Waals surface area contributed by atoms with Gasteiger partial charge in [0.15, 0.2) is 0 Å². The van der Waals surface area contributed by atoms with Crippen LogP contribution in [0.25, 0.3) is 0 Å². The zero-order valence-electron chi connectivity index (χ0n) is 13.6. The van der Waals surface area contributed by atoms with Gasteiger partial charge in [0.2, 0.25) is 5.91 Å². The zero-order valence-corrected chi connectivity index (χ0v) is 13.6. The van der Waals surface area contributed by atoms with Crippen molar-refractivity contribution in [1.82, 2.24) is 10.2 Å². The number of hydrogen-bond acceptors (Lipinski definition) is 3. The van der Waals surface area contributed by atoms with Crippen molar-refractivity contribution in [3.8, 4) is 0 Å². The molecular formula is C17H29N3O. The van der Waals surface area contributed by atoms with E-state index in [0.29, 0.717) is 6.54 Å². The molecule has 118 valence electrons. The Morgan fingerprint density at radius 3 is 2.24 bits per heavy atom. The van der Waals surface area contributed by atoms with Gasteiger partial charge in [-0.25, -0.2) is 0 Å². The van der Waals surface area contributed by atoms with E-state index in [4.69, 9.17) is 5.73 Å². The Bertz CT molecular complexity index is 413. The van der Waals surface area contributed by atoms with Gasteiger partial charge in [0, 0.05) is 13.1 Å². The summed E-state index contributed by atoms with van der Waals surface area (Å²) in [5.41, 5.74) is 8.19. The molecule has 0 radical (unpaired) electrons. The van der Waals surface area contributed by atoms with Crippen LogP contribution in [-0.4, -0.2) is 29.9 Å². The molecular weight excluding hydrogens is 262 g/mol. The van der Waals surface area contributed by atoms with Crippen molar-refractivity contribution in [3.05, 3.63) is 35.4 Å². The van der Waals surface area contributed by atoms with Gasteiger partial charge in [-0.2, -0.15) is 0 Å². The van der Waals surface area contributed by atoms with Crippen LogP contribution in [0.15, 0.2) is 24.3 Å². The summed E-state index contributed by atoms with van der Waals surface area (Å²) in [6.07, 6.45) is 1.66. The summed E-state index contributed by atoms with van der Waals surface area (Å²) in [6.45, 7) is 10.0. The van der Waals surface area contributed by atoms with Crippen molar-refractivity contribution in [2.45, 2.75) is 52.7 Å². The normalized spacial score (nSPS) is 12.4. The van der Waals surface area contributed by atoms with E-state index in [1.165, 1.54) is 5.56 Å². The Hall–Kier alpha value is -1.39. The van der Waals surface area contributed by atoms with Crippen molar-refractivity contribution in [2.75, 3.05) is 13.1 Å². The number of nitrogens with zero attached hydrogens (tertiary/aromatic N) is 1. The first-order chi connectivity index (χ1) is 10.1. The Labute approximate surface area is 128 Å². The number of rotatable bonds is 9. The third-order valence-corrected chi connectivity index (χ3v) is 3.73. The van der Waals surface area contributed by atoms with Crippen LogP contribution in [0.3, 0.4) is 0 Å². The fraction of sp³-hybridized carbons (Fsp3) is 0.588. The first-order valence-corrected chi connectivity index (χ1v) is 7.94. The molecule has 0 spiro atoms. The number of carbonyl (C=O) groups excluding carboxylic acids is 1. The van der Waals surface area contributed by atoms with Crippen LogP contribution in [0.5, 0.6) is 0 Å². The summed E-state index contributed by atoms with van der Waals surface area (Å²) < 4.78 is 0. The molecule has 0 fully saturated rings. The maximum absolute atomic E-state index is 11.8. The molecule has 0 aromatic heterocycles. The largest absolute Gasteiger partial charge is 0.351 e. The first-order valence-electron chi connectivity index (χ1n) is 7.94. The van der Waals surface area contributed by atoms with Crippen LogP contribution in [0.2, 0.25) is 0 Å². The summed E-state index contributed by atoms with van der Waals surface area (Å²) in [6, 6.07) is 8.02. The minimum atomic E-state index is -0.392. The van der Waals surface area contributed by atoms with Crippen molar-refractivity contribution >= 4 is 5.91 Å². The molecule has 0 saturated heterocycles. The highest BCUT2D eigenvalue weighted by molar-refractivity contribution is 5.81. The van der Waals surface area contributed by atoms with E-state index in [1.54, 1.807) is 0 Å². The van der Waals surface area contributed by atoms with E-state index in [-0.39, 0.29) is 5.91 Å². The monoisotopic (exact) mass is 291 g/mol. The molecule has 0 bridgehead atoms. The summed E-state index contributed by atoms with van der Waals surface area (Å²) in [7, 11) is 0. The molecule has 1 atom stereocenters. The first kappa shape index (κ1) is 17.7. The average Bonchev–Trinajstić information content (AvgIpc) is 2.51. The second-order valence-corrected chi connectivity index (χ2v) is 5.39. The van der Waals surface area contributed by atoms with Gasteiger partial charge >= 0.3 is 0 Å². The number of carbonyl (C=O) groups is 1. The molecule has 3 N–H and O–H groups in total. The lowest BCUT2D eigenvalue weighted by Gasteiger charge is -2.18. The van der Waals surface area contributed by atoms with E-state index in [9.17, 15) is 4.79 Å². The molecule has 4 heteroatoms. The van der Waals surface area contributed by atoms with Gasteiger partial charge < -0.3 is 11.1 Å². The van der Waals surface area contributed by atoms with E-state index in [1.807, 2.05) is 6.92 Å². The Morgan fingerprint density at radius 2 is 1.71 bits per heavy atom. The maximum Gasteiger partial charge on any atom is 0.237 e. The molecule has 0 aliphatic heterocycles. The van der Waals surface area contributed by atoms with Gasteiger partial charge in [0.25, 0.3) is 0 Å². The summed E-state index contributed by atoms with van der Waals surface area (Å²) in [4.78, 5) is 14.1. The highest BCUT2D eigenvalue weighted by Gasteiger charge is 2.11. The number of benzene rings is 1. The highest BCUT2D eigenvalue weighted by Crippen LogP contribution is 2.07.